The molecule has 0 aromatic heterocycles. The Hall–Kier alpha value is 6.92. The van der Waals surface area contributed by atoms with Gasteiger partial charge in [-0.3, -0.25) is 0 Å². The molecule has 0 saturated heterocycles. The summed E-state index contributed by atoms with van der Waals surface area (Å²) in [6.07, 6.45) is 0. The molecule has 0 bridgehead atoms. The van der Waals surface area contributed by atoms with Crippen molar-refractivity contribution in [1.29, 1.82) is 0 Å². The Labute approximate surface area is 207 Å². The molecule has 0 saturated carbocycles. The number of hydrogen-bond donors (Lipinski definition) is 0. The molecule has 0 aliphatic heterocycles. The minimum atomic E-state index is 0. The van der Waals surface area contributed by atoms with Crippen LogP contribution in [0.25, 0.3) is 0 Å². The van der Waals surface area contributed by atoms with Gasteiger partial charge in [0.25, 0.3) is 0 Å². The molecule has 0 spiro atoms. The summed E-state index contributed by atoms with van der Waals surface area (Å²) in [5, 5.41) is 0. The van der Waals surface area contributed by atoms with E-state index in [0.717, 1.165) is 0 Å². The van der Waals surface area contributed by atoms with Gasteiger partial charge in [-0.25, -0.2) is 0 Å². The molecule has 0 aliphatic carbocycles. The zero-order valence-corrected chi connectivity index (χ0v) is 11.7. The van der Waals surface area contributed by atoms with Crippen LogP contribution in [0.1, 0.15) is 0 Å². The molecule has 0 rings (SSSR count). The fourth-order valence-corrected chi connectivity index (χ4v) is 0. The van der Waals surface area contributed by atoms with Crippen molar-refractivity contribution in [2.75, 3.05) is 0 Å². The van der Waals surface area contributed by atoms with Crippen LogP contribution in [-0.2, 0) is 76.4 Å². The van der Waals surface area contributed by atoms with E-state index in [-0.39, 0.29) is 186 Å². The molecule has 0 heterocycles. The van der Waals surface area contributed by atoms with Gasteiger partial charge >= 0.3 is 140 Å². The first kappa shape index (κ1) is 56.5. The maximum Gasteiger partial charge on any atom is 0 e. The van der Waals surface area contributed by atoms with Crippen LogP contribution in [0.4, 0.5) is 0 Å². The summed E-state index contributed by atoms with van der Waals surface area (Å²) in [6.45, 7) is 0. The second-order valence-corrected chi connectivity index (χ2v) is 0. The smallest absolute Gasteiger partial charge is 0 e. The average Bonchev–Trinajstić information content (AvgIpc) is 1.00. The summed E-state index contributed by atoms with van der Waals surface area (Å²) in [4.78, 5) is 0. The van der Waals surface area contributed by atoms with Crippen molar-refractivity contribution in [3.63, 3.8) is 0 Å². The van der Waals surface area contributed by atoms with Crippen LogP contribution in [0.15, 0.2) is 0 Å². The largest absolute Gasteiger partial charge is 0 e. The Bertz CT molecular complexity index is 28.5. The van der Waals surface area contributed by atoms with Gasteiger partial charge in [-0.05, 0) is 0 Å². The number of hydrogen-bond acceptors (Lipinski definition) is 0. The van der Waals surface area contributed by atoms with Gasteiger partial charge in [-0.2, -0.15) is 0 Å². The molecule has 0 aliphatic rings. The Morgan fingerprint density at radius 1 is 1.11 bits per heavy atom. The van der Waals surface area contributed by atoms with Crippen molar-refractivity contribution < 1.29 is 76.4 Å². The van der Waals surface area contributed by atoms with Gasteiger partial charge in [0.15, 0.2) is 17.4 Å². The van der Waals surface area contributed by atoms with Crippen molar-refractivity contribution in [3.8, 4) is 0 Å². The van der Waals surface area contributed by atoms with E-state index in [0.29, 0.717) is 0 Å². The first-order valence-corrected chi connectivity index (χ1v) is 6.18. The van der Waals surface area contributed by atoms with Gasteiger partial charge in [0.2, 0.25) is 0 Å². The van der Waals surface area contributed by atoms with Gasteiger partial charge < -0.3 is 0 Å². The number of rotatable bonds is 0. The van der Waals surface area contributed by atoms with E-state index in [1.807, 2.05) is 0 Å². The first-order valence-electron chi connectivity index (χ1n) is 0.500. The van der Waals surface area contributed by atoms with Crippen LogP contribution in [0.2, 0.25) is 0 Å². The van der Waals surface area contributed by atoms with Crippen LogP contribution >= 0.6 is 0 Å². The third-order valence-electron chi connectivity index (χ3n) is 0. The summed E-state index contributed by atoms with van der Waals surface area (Å²) >= 11 is 2.14. The Morgan fingerprint density at radius 3 is 1.11 bits per heavy atom. The molecule has 0 amide bonds. The zero-order chi connectivity index (χ0) is 2.00. The SMILES string of the molecule is [AlH3].[CaH2].[Fe].[KH].[MgH2].[SiH3][Ti].[V].[W]. The molecule has 0 nitrogen and oxygen atoms in total. The van der Waals surface area contributed by atoms with Gasteiger partial charge in [-0.1, -0.05) is 0 Å². The summed E-state index contributed by atoms with van der Waals surface area (Å²) in [6, 6.07) is 0. The molecule has 0 N–H and O–H groups in total. The van der Waals surface area contributed by atoms with Crippen molar-refractivity contribution in [3.05, 3.63) is 0 Å². The monoisotopic (exact) mass is 508 g/mol. The molecule has 0 aromatic rings. The van der Waals surface area contributed by atoms with E-state index in [1.165, 1.54) is 8.11 Å². The molecule has 1 radical (unpaired) electrons. The summed E-state index contributed by atoms with van der Waals surface area (Å²) in [7, 11) is 1.31. The standard InChI is InChI=1S/Al.Ca.Fe.K.Mg.H3Si.Ti.V.W.8H/h;;;;;1H3;;;;;;;;;;;. The quantitative estimate of drug-likeness (QED) is 0.289. The molecular weight excluding hydrogens is 497 g/mol. The summed E-state index contributed by atoms with van der Waals surface area (Å²) in [5.41, 5.74) is 0. The fourth-order valence-electron chi connectivity index (χ4n) is 0. The van der Waals surface area contributed by atoms with E-state index in [2.05, 4.69) is 19.7 Å². The minimum Gasteiger partial charge on any atom is 0 e. The third-order valence-corrected chi connectivity index (χ3v) is 0. The molecule has 46 valence electrons. The van der Waals surface area contributed by atoms with Crippen LogP contribution in [0.5, 0.6) is 0 Å². The Kier molecular flexibility index (Phi) is 379. The molecule has 9 heteroatoms. The van der Waals surface area contributed by atoms with Crippen LogP contribution < -0.4 is 0 Å². The molecule has 0 unspecified atom stereocenters. The minimum absolute atomic E-state index is 0. The zero-order valence-electron chi connectivity index (χ0n) is 2.71. The normalized spacial score (nSPS) is 0.778. The maximum atomic E-state index is 2.14. The van der Waals surface area contributed by atoms with Gasteiger partial charge in [0.1, 0.15) is 0 Å². The summed E-state index contributed by atoms with van der Waals surface area (Å²) in [5.74, 6) is 0. The average molecular weight is 508 g/mol. The van der Waals surface area contributed by atoms with E-state index >= 15 is 0 Å². The van der Waals surface area contributed by atoms with Gasteiger partial charge in [0.05, 0.1) is 0 Å². The van der Waals surface area contributed by atoms with Crippen molar-refractivity contribution in [1.82, 2.24) is 0 Å². The van der Waals surface area contributed by atoms with E-state index in [9.17, 15) is 0 Å². The predicted octanol–water partition coefficient (Wildman–Crippen LogP) is -4.86. The topological polar surface area (TPSA) is 0 Å². The van der Waals surface area contributed by atoms with Gasteiger partial charge in [-0.15, -0.1) is 0 Å². The van der Waals surface area contributed by atoms with Crippen LogP contribution in [-0.4, -0.2) is 138 Å². The Morgan fingerprint density at radius 2 is 1.11 bits per heavy atom. The molecular formula is H11AlCaFeKMgSiTiVW. The van der Waals surface area contributed by atoms with Crippen LogP contribution in [0, 0.1) is 0 Å². The summed E-state index contributed by atoms with van der Waals surface area (Å²) < 4.78 is 0. The molecule has 0 atom stereocenters. The first-order chi connectivity index (χ1) is 1.00. The predicted molar refractivity (Wildman–Crippen MR) is 44.1 cm³/mol. The van der Waals surface area contributed by atoms with Gasteiger partial charge in [0, 0.05) is 56.7 Å². The maximum absolute atomic E-state index is 2.14. The van der Waals surface area contributed by atoms with Crippen LogP contribution in [0.3, 0.4) is 0 Å². The Balaban J connectivity index is -0.000000000238. The second kappa shape index (κ2) is 60.4. The van der Waals surface area contributed by atoms with E-state index in [4.69, 9.17) is 0 Å². The van der Waals surface area contributed by atoms with Crippen molar-refractivity contribution in [2.24, 2.45) is 0 Å². The fraction of sp³-hybridized carbons (Fsp3) is 0. The third kappa shape index (κ3) is 52.0. The van der Waals surface area contributed by atoms with E-state index < -0.39 is 0 Å². The van der Waals surface area contributed by atoms with Crippen molar-refractivity contribution in [2.45, 2.75) is 0 Å². The van der Waals surface area contributed by atoms with Crippen molar-refractivity contribution >= 4 is 138 Å². The van der Waals surface area contributed by atoms with E-state index in [1.54, 1.807) is 0 Å². The molecule has 0 aromatic carbocycles. The molecule has 9 heavy (non-hydrogen) atoms. The second-order valence-electron chi connectivity index (χ2n) is 0. The molecule has 0 fully saturated rings.